The highest BCUT2D eigenvalue weighted by atomic mass is 16.5. The van der Waals surface area contributed by atoms with Gasteiger partial charge in [0.1, 0.15) is 5.75 Å². The maximum atomic E-state index is 12.4. The summed E-state index contributed by atoms with van der Waals surface area (Å²) in [6.07, 6.45) is 0.548. The molecule has 1 aliphatic heterocycles. The lowest BCUT2D eigenvalue weighted by molar-refractivity contribution is -0.139. The van der Waals surface area contributed by atoms with Gasteiger partial charge < -0.3 is 25.4 Å². The normalized spacial score (nSPS) is 16.2. The van der Waals surface area contributed by atoms with Gasteiger partial charge in [-0.1, -0.05) is 6.92 Å². The van der Waals surface area contributed by atoms with Gasteiger partial charge in [-0.25, -0.2) is 9.59 Å². The lowest BCUT2D eigenvalue weighted by Gasteiger charge is -2.30. The van der Waals surface area contributed by atoms with Crippen molar-refractivity contribution in [2.45, 2.75) is 26.3 Å². The van der Waals surface area contributed by atoms with Gasteiger partial charge >= 0.3 is 12.0 Å². The van der Waals surface area contributed by atoms with Crippen LogP contribution in [0.5, 0.6) is 5.75 Å². The van der Waals surface area contributed by atoms with E-state index in [-0.39, 0.29) is 31.6 Å². The number of benzene rings is 1. The van der Waals surface area contributed by atoms with Gasteiger partial charge in [0, 0.05) is 17.9 Å². The fourth-order valence-electron chi connectivity index (χ4n) is 3.03. The van der Waals surface area contributed by atoms with Crippen molar-refractivity contribution in [2.24, 2.45) is 0 Å². The number of anilines is 1. The number of likely N-dealkylation sites (N-methyl/N-ethyl adjacent to an activating group) is 1. The molecule has 3 N–H and O–H groups in total. The van der Waals surface area contributed by atoms with E-state index in [0.717, 1.165) is 0 Å². The molecule has 0 aliphatic carbocycles. The molecule has 1 heterocycles. The fraction of sp³-hybridized carbons (Fsp3) is 0.450. The zero-order chi connectivity index (χ0) is 21.4. The smallest absolute Gasteiger partial charge is 0.337 e. The van der Waals surface area contributed by atoms with E-state index in [2.05, 4.69) is 16.0 Å². The summed E-state index contributed by atoms with van der Waals surface area (Å²) in [4.78, 5) is 38.4. The van der Waals surface area contributed by atoms with Crippen LogP contribution in [0.2, 0.25) is 0 Å². The van der Waals surface area contributed by atoms with Crippen molar-refractivity contribution in [1.82, 2.24) is 15.5 Å². The van der Waals surface area contributed by atoms with Gasteiger partial charge in [0.05, 0.1) is 31.9 Å². The number of esters is 1. The summed E-state index contributed by atoms with van der Waals surface area (Å²) < 4.78 is 10.2. The van der Waals surface area contributed by atoms with Crippen molar-refractivity contribution in [2.75, 3.05) is 39.2 Å². The number of urea groups is 1. The summed E-state index contributed by atoms with van der Waals surface area (Å²) >= 11 is 0. The third-order valence-corrected chi connectivity index (χ3v) is 4.36. The summed E-state index contributed by atoms with van der Waals surface area (Å²) in [7, 11) is 3.31. The topological polar surface area (TPSA) is 109 Å². The van der Waals surface area contributed by atoms with Crippen LogP contribution in [-0.4, -0.2) is 62.7 Å². The molecule has 0 radical (unpaired) electrons. The molecule has 0 bridgehead atoms. The summed E-state index contributed by atoms with van der Waals surface area (Å²) in [5.74, 6) is 0.00636. The van der Waals surface area contributed by atoms with Crippen LogP contribution < -0.4 is 20.7 Å². The van der Waals surface area contributed by atoms with Crippen molar-refractivity contribution in [3.8, 4) is 5.75 Å². The standard InChI is InChI=1S/C20H28N4O5/c1-5-15-18(19(26)29-6-2)16(23-20(27)22-15)11-24(3)12-17(25)21-13-7-9-14(28-4)10-8-13/h7-10,15H,5-6,11-12H2,1-4H3,(H,21,25)(H2,22,23,27)/t15-/m1/s1. The molecule has 1 atom stereocenters. The van der Waals surface area contributed by atoms with E-state index in [1.165, 1.54) is 0 Å². The quantitative estimate of drug-likeness (QED) is 0.538. The maximum Gasteiger partial charge on any atom is 0.337 e. The summed E-state index contributed by atoms with van der Waals surface area (Å²) in [6.45, 7) is 4.13. The van der Waals surface area contributed by atoms with Crippen molar-refractivity contribution in [3.05, 3.63) is 35.5 Å². The molecule has 1 aliphatic rings. The van der Waals surface area contributed by atoms with E-state index in [9.17, 15) is 14.4 Å². The number of hydrogen-bond donors (Lipinski definition) is 3. The minimum Gasteiger partial charge on any atom is -0.497 e. The second-order valence-corrected chi connectivity index (χ2v) is 6.62. The first kappa shape index (κ1) is 22.2. The second kappa shape index (κ2) is 10.5. The van der Waals surface area contributed by atoms with Crippen molar-refractivity contribution >= 4 is 23.6 Å². The number of methoxy groups -OCH3 is 1. The van der Waals surface area contributed by atoms with Crippen molar-refractivity contribution in [1.29, 1.82) is 0 Å². The summed E-state index contributed by atoms with van der Waals surface area (Å²) in [5, 5.41) is 8.20. The van der Waals surface area contributed by atoms with Crippen LogP contribution in [0.15, 0.2) is 35.5 Å². The summed E-state index contributed by atoms with van der Waals surface area (Å²) in [5.41, 5.74) is 1.48. The Labute approximate surface area is 170 Å². The number of nitrogens with zero attached hydrogens (tertiary/aromatic N) is 1. The Morgan fingerprint density at radius 1 is 1.21 bits per heavy atom. The van der Waals surface area contributed by atoms with E-state index < -0.39 is 12.0 Å². The first-order valence-corrected chi connectivity index (χ1v) is 9.48. The largest absolute Gasteiger partial charge is 0.497 e. The predicted molar refractivity (Wildman–Crippen MR) is 109 cm³/mol. The van der Waals surface area contributed by atoms with E-state index >= 15 is 0 Å². The number of rotatable bonds is 9. The molecule has 1 aromatic carbocycles. The number of nitrogens with one attached hydrogen (secondary N) is 3. The number of carbonyl (C=O) groups is 3. The average molecular weight is 404 g/mol. The van der Waals surface area contributed by atoms with Gasteiger partial charge in [-0.15, -0.1) is 0 Å². The molecular formula is C20H28N4O5. The molecule has 0 spiro atoms. The number of ether oxygens (including phenoxy) is 2. The molecule has 2 rings (SSSR count). The number of amides is 3. The molecule has 29 heavy (non-hydrogen) atoms. The van der Waals surface area contributed by atoms with Gasteiger partial charge in [-0.2, -0.15) is 0 Å². The Hall–Kier alpha value is -3.07. The lowest BCUT2D eigenvalue weighted by atomic mass is 10.00. The van der Waals surface area contributed by atoms with E-state index in [0.29, 0.717) is 29.1 Å². The average Bonchev–Trinajstić information content (AvgIpc) is 2.67. The van der Waals surface area contributed by atoms with E-state index in [4.69, 9.17) is 9.47 Å². The zero-order valence-electron chi connectivity index (χ0n) is 17.2. The number of carbonyl (C=O) groups excluding carboxylic acids is 3. The summed E-state index contributed by atoms with van der Waals surface area (Å²) in [6, 6.07) is 6.19. The third-order valence-electron chi connectivity index (χ3n) is 4.36. The Morgan fingerprint density at radius 3 is 2.48 bits per heavy atom. The molecule has 1 aromatic rings. The first-order valence-electron chi connectivity index (χ1n) is 9.48. The molecular weight excluding hydrogens is 376 g/mol. The van der Waals surface area contributed by atoms with Gasteiger partial charge in [-0.05, 0) is 44.7 Å². The Morgan fingerprint density at radius 2 is 1.90 bits per heavy atom. The molecule has 9 heteroatoms. The fourth-order valence-corrected chi connectivity index (χ4v) is 3.03. The minimum absolute atomic E-state index is 0.0751. The zero-order valence-corrected chi connectivity index (χ0v) is 17.2. The minimum atomic E-state index is -0.474. The van der Waals surface area contributed by atoms with Crippen LogP contribution in [0.3, 0.4) is 0 Å². The van der Waals surface area contributed by atoms with Crippen LogP contribution in [0, 0.1) is 0 Å². The van der Waals surface area contributed by atoms with Crippen LogP contribution >= 0.6 is 0 Å². The second-order valence-electron chi connectivity index (χ2n) is 6.62. The van der Waals surface area contributed by atoms with Crippen LogP contribution in [0.4, 0.5) is 10.5 Å². The Kier molecular flexibility index (Phi) is 8.02. The van der Waals surface area contributed by atoms with Crippen LogP contribution in [0.1, 0.15) is 20.3 Å². The molecule has 3 amide bonds. The number of hydrogen-bond acceptors (Lipinski definition) is 6. The maximum absolute atomic E-state index is 12.4. The monoisotopic (exact) mass is 404 g/mol. The predicted octanol–water partition coefficient (Wildman–Crippen LogP) is 1.47. The Balaban J connectivity index is 2.06. The molecule has 9 nitrogen and oxygen atoms in total. The molecule has 0 saturated heterocycles. The first-order chi connectivity index (χ1) is 13.9. The van der Waals surface area contributed by atoms with Crippen molar-refractivity contribution in [3.63, 3.8) is 0 Å². The van der Waals surface area contributed by atoms with Gasteiger partial charge in [-0.3, -0.25) is 9.69 Å². The molecule has 0 saturated carbocycles. The van der Waals surface area contributed by atoms with Crippen LogP contribution in [-0.2, 0) is 14.3 Å². The highest BCUT2D eigenvalue weighted by Gasteiger charge is 2.31. The lowest BCUT2D eigenvalue weighted by Crippen LogP contribution is -2.52. The van der Waals surface area contributed by atoms with Crippen molar-refractivity contribution < 1.29 is 23.9 Å². The van der Waals surface area contributed by atoms with Gasteiger partial charge in [0.25, 0.3) is 0 Å². The molecule has 0 fully saturated rings. The Bertz CT molecular complexity index is 776. The van der Waals surface area contributed by atoms with E-state index in [1.54, 1.807) is 50.2 Å². The molecule has 0 unspecified atom stereocenters. The van der Waals surface area contributed by atoms with Gasteiger partial charge in [0.2, 0.25) is 5.91 Å². The molecule has 0 aromatic heterocycles. The highest BCUT2D eigenvalue weighted by Crippen LogP contribution is 2.18. The van der Waals surface area contributed by atoms with Gasteiger partial charge in [0.15, 0.2) is 0 Å². The SMILES string of the molecule is CCOC(=O)C1=C(CN(C)CC(=O)Nc2ccc(OC)cc2)NC(=O)N[C@@H]1CC. The highest BCUT2D eigenvalue weighted by molar-refractivity contribution is 5.95. The third kappa shape index (κ3) is 6.21. The molecule has 158 valence electrons. The van der Waals surface area contributed by atoms with E-state index in [1.807, 2.05) is 6.92 Å². The van der Waals surface area contributed by atoms with Crippen LogP contribution in [0.25, 0.3) is 0 Å².